The summed E-state index contributed by atoms with van der Waals surface area (Å²) in [6, 6.07) is 9.39. The molecule has 6 heteroatoms. The minimum atomic E-state index is -3.70. The van der Waals surface area contributed by atoms with Gasteiger partial charge in [0.1, 0.15) is 0 Å². The number of rotatable bonds is 4. The second kappa shape index (κ2) is 6.85. The first-order valence-corrected chi connectivity index (χ1v) is 10.7. The first-order chi connectivity index (χ1) is 12.2. The van der Waals surface area contributed by atoms with Gasteiger partial charge in [-0.05, 0) is 57.4 Å². The smallest absolute Gasteiger partial charge is 0.262 e. The number of aryl methyl sites for hydroxylation is 5. The zero-order chi connectivity index (χ0) is 19.1. The van der Waals surface area contributed by atoms with Crippen molar-refractivity contribution in [3.63, 3.8) is 0 Å². The summed E-state index contributed by atoms with van der Waals surface area (Å²) in [6.45, 7) is 9.57. The predicted octanol–water partition coefficient (Wildman–Crippen LogP) is 5.15. The molecule has 26 heavy (non-hydrogen) atoms. The van der Waals surface area contributed by atoms with E-state index in [1.54, 1.807) is 24.3 Å². The van der Waals surface area contributed by atoms with Crippen molar-refractivity contribution in [1.29, 1.82) is 0 Å². The second-order valence-corrected chi connectivity index (χ2v) is 9.32. The third kappa shape index (κ3) is 3.66. The Balaban J connectivity index is 2.05. The summed E-state index contributed by atoms with van der Waals surface area (Å²) in [4.78, 5) is 4.74. The van der Waals surface area contributed by atoms with Gasteiger partial charge in [-0.15, -0.1) is 11.3 Å². The molecule has 3 rings (SSSR count). The highest BCUT2D eigenvalue weighted by atomic mass is 32.2. The third-order valence-corrected chi connectivity index (χ3v) is 6.57. The van der Waals surface area contributed by atoms with Gasteiger partial charge in [0, 0.05) is 10.9 Å². The van der Waals surface area contributed by atoms with Gasteiger partial charge in [-0.25, -0.2) is 13.4 Å². The van der Waals surface area contributed by atoms with Crippen LogP contribution in [0.15, 0.2) is 40.6 Å². The molecule has 0 fully saturated rings. The average Bonchev–Trinajstić information content (AvgIpc) is 2.97. The monoisotopic (exact) mass is 386 g/mol. The van der Waals surface area contributed by atoms with Gasteiger partial charge in [0.25, 0.3) is 10.0 Å². The molecule has 2 aromatic carbocycles. The van der Waals surface area contributed by atoms with Crippen molar-refractivity contribution < 1.29 is 8.42 Å². The van der Waals surface area contributed by atoms with Crippen LogP contribution in [0.5, 0.6) is 0 Å². The van der Waals surface area contributed by atoms with Crippen molar-refractivity contribution >= 4 is 27.0 Å². The fraction of sp³-hybridized carbons (Fsp3) is 0.250. The Morgan fingerprint density at radius 2 is 1.58 bits per heavy atom. The highest BCUT2D eigenvalue weighted by Crippen LogP contribution is 2.29. The number of aromatic nitrogens is 1. The predicted molar refractivity (Wildman–Crippen MR) is 108 cm³/mol. The largest absolute Gasteiger partial charge is 0.279 e. The Hall–Kier alpha value is -2.18. The van der Waals surface area contributed by atoms with Crippen LogP contribution in [0.4, 0.5) is 5.69 Å². The van der Waals surface area contributed by atoms with Crippen molar-refractivity contribution in [2.75, 3.05) is 4.72 Å². The van der Waals surface area contributed by atoms with E-state index in [1.165, 1.54) is 0 Å². The maximum absolute atomic E-state index is 13.1. The number of sulfonamides is 1. The highest BCUT2D eigenvalue weighted by molar-refractivity contribution is 7.92. The normalized spacial score (nSPS) is 11.6. The van der Waals surface area contributed by atoms with Crippen LogP contribution in [-0.4, -0.2) is 13.4 Å². The molecule has 0 saturated heterocycles. The molecule has 136 valence electrons. The van der Waals surface area contributed by atoms with E-state index in [4.69, 9.17) is 0 Å². The molecule has 0 radical (unpaired) electrons. The molecule has 3 aromatic rings. The van der Waals surface area contributed by atoms with E-state index in [-0.39, 0.29) is 4.90 Å². The van der Waals surface area contributed by atoms with E-state index in [0.29, 0.717) is 11.3 Å². The van der Waals surface area contributed by atoms with Crippen LogP contribution in [0, 0.1) is 34.6 Å². The van der Waals surface area contributed by atoms with E-state index in [1.807, 2.05) is 57.3 Å². The zero-order valence-electron chi connectivity index (χ0n) is 15.5. The summed E-state index contributed by atoms with van der Waals surface area (Å²) in [5, 5.41) is 2.90. The minimum absolute atomic E-state index is 0.278. The molecule has 1 N–H and O–H groups in total. The lowest BCUT2D eigenvalue weighted by Gasteiger charge is -2.16. The second-order valence-electron chi connectivity index (χ2n) is 6.61. The van der Waals surface area contributed by atoms with Crippen molar-refractivity contribution in [3.05, 3.63) is 63.0 Å². The molecule has 4 nitrogen and oxygen atoms in total. The summed E-state index contributed by atoms with van der Waals surface area (Å²) >= 11 is 1.55. The molecule has 0 aliphatic heterocycles. The highest BCUT2D eigenvalue weighted by Gasteiger charge is 2.20. The van der Waals surface area contributed by atoms with Gasteiger partial charge < -0.3 is 0 Å². The average molecular weight is 387 g/mol. The quantitative estimate of drug-likeness (QED) is 0.674. The summed E-state index contributed by atoms with van der Waals surface area (Å²) in [7, 11) is -3.70. The van der Waals surface area contributed by atoms with E-state index in [9.17, 15) is 8.42 Å². The minimum Gasteiger partial charge on any atom is -0.279 e. The van der Waals surface area contributed by atoms with Gasteiger partial charge in [0.05, 0.1) is 21.3 Å². The summed E-state index contributed by atoms with van der Waals surface area (Å²) in [6.07, 6.45) is 0. The van der Waals surface area contributed by atoms with Crippen molar-refractivity contribution in [3.8, 4) is 11.3 Å². The van der Waals surface area contributed by atoms with Crippen LogP contribution in [-0.2, 0) is 10.0 Å². The summed E-state index contributed by atoms with van der Waals surface area (Å²) in [5.74, 6) is 0. The number of nitrogens with zero attached hydrogens (tertiary/aromatic N) is 1. The number of nitrogens with one attached hydrogen (secondary N) is 1. The maximum Gasteiger partial charge on any atom is 0.262 e. The zero-order valence-corrected chi connectivity index (χ0v) is 17.2. The van der Waals surface area contributed by atoms with Crippen LogP contribution >= 0.6 is 11.3 Å². The molecule has 1 heterocycles. The molecule has 1 aromatic heterocycles. The lowest BCUT2D eigenvalue weighted by atomic mass is 10.1. The fourth-order valence-electron chi connectivity index (χ4n) is 3.08. The Bertz CT molecular complexity index is 1060. The Labute approximate surface area is 159 Å². The van der Waals surface area contributed by atoms with Gasteiger partial charge in [0.15, 0.2) is 0 Å². The van der Waals surface area contributed by atoms with Gasteiger partial charge in [-0.1, -0.05) is 29.8 Å². The van der Waals surface area contributed by atoms with Crippen LogP contribution in [0.3, 0.4) is 0 Å². The summed E-state index contributed by atoms with van der Waals surface area (Å²) in [5.41, 5.74) is 5.88. The van der Waals surface area contributed by atoms with Crippen LogP contribution in [0.25, 0.3) is 11.3 Å². The van der Waals surface area contributed by atoms with Crippen molar-refractivity contribution in [1.82, 2.24) is 4.98 Å². The maximum atomic E-state index is 13.1. The molecule has 0 saturated carbocycles. The molecule has 0 aliphatic rings. The van der Waals surface area contributed by atoms with Crippen molar-refractivity contribution in [2.24, 2.45) is 0 Å². The fourth-order valence-corrected chi connectivity index (χ4v) is 5.17. The Morgan fingerprint density at radius 1 is 0.923 bits per heavy atom. The van der Waals surface area contributed by atoms with Gasteiger partial charge in [-0.3, -0.25) is 4.72 Å². The standard InChI is InChI=1S/C20H22N2O2S2/c1-12-8-14(3)20(15(4)9-12)22-26(23,24)19-10-17(7-6-13(19)2)18-11-25-16(5)21-18/h6-11,22H,1-5H3. The molecule has 0 unspecified atom stereocenters. The first kappa shape index (κ1) is 18.6. The van der Waals surface area contributed by atoms with Crippen molar-refractivity contribution in [2.45, 2.75) is 39.5 Å². The van der Waals surface area contributed by atoms with Crippen LogP contribution in [0.2, 0.25) is 0 Å². The molecule has 0 aliphatic carbocycles. The molecule has 0 bridgehead atoms. The summed E-state index contributed by atoms with van der Waals surface area (Å²) < 4.78 is 28.9. The number of hydrogen-bond acceptors (Lipinski definition) is 4. The molecule has 0 spiro atoms. The molecular weight excluding hydrogens is 364 g/mol. The Kier molecular flexibility index (Phi) is 4.90. The lowest BCUT2D eigenvalue weighted by molar-refractivity contribution is 0.600. The Morgan fingerprint density at radius 3 is 2.15 bits per heavy atom. The number of benzene rings is 2. The molecular formula is C20H22N2O2S2. The van der Waals surface area contributed by atoms with E-state index < -0.39 is 10.0 Å². The van der Waals surface area contributed by atoms with Gasteiger partial charge >= 0.3 is 0 Å². The van der Waals surface area contributed by atoms with E-state index >= 15 is 0 Å². The number of anilines is 1. The van der Waals surface area contributed by atoms with E-state index in [2.05, 4.69) is 9.71 Å². The van der Waals surface area contributed by atoms with Gasteiger partial charge in [0.2, 0.25) is 0 Å². The van der Waals surface area contributed by atoms with Crippen LogP contribution in [0.1, 0.15) is 27.3 Å². The van der Waals surface area contributed by atoms with Crippen LogP contribution < -0.4 is 4.72 Å². The third-order valence-electron chi connectivity index (χ3n) is 4.31. The SMILES string of the molecule is Cc1cc(C)c(NS(=O)(=O)c2cc(-c3csc(C)n3)ccc2C)c(C)c1. The van der Waals surface area contributed by atoms with E-state index in [0.717, 1.165) is 33.0 Å². The lowest BCUT2D eigenvalue weighted by Crippen LogP contribution is -2.16. The number of hydrogen-bond donors (Lipinski definition) is 1. The first-order valence-electron chi connectivity index (χ1n) is 8.31. The van der Waals surface area contributed by atoms with Gasteiger partial charge in [-0.2, -0.15) is 0 Å². The molecule has 0 amide bonds. The number of thiazole rings is 1. The molecule has 0 atom stereocenters. The topological polar surface area (TPSA) is 59.1 Å².